The van der Waals surface area contributed by atoms with Crippen molar-refractivity contribution >= 4 is 57.2 Å². The summed E-state index contributed by atoms with van der Waals surface area (Å²) in [4.78, 5) is 5.40. The van der Waals surface area contributed by atoms with E-state index in [2.05, 4.69) is 396 Å². The van der Waals surface area contributed by atoms with E-state index in [4.69, 9.17) is 0 Å². The molecule has 0 radical (unpaired) electrons. The summed E-state index contributed by atoms with van der Waals surface area (Å²) in [6, 6.07) is 132. The molecule has 15 aromatic carbocycles. The molecular formula is C96H73BN2. The summed E-state index contributed by atoms with van der Waals surface area (Å²) in [5.74, 6) is 0. The minimum Gasteiger partial charge on any atom is -0.310 e. The van der Waals surface area contributed by atoms with Crippen molar-refractivity contribution in [2.45, 2.75) is 40.0 Å². The van der Waals surface area contributed by atoms with E-state index in [0.717, 1.165) is 95.2 Å². The van der Waals surface area contributed by atoms with Crippen molar-refractivity contribution in [3.63, 3.8) is 0 Å². The van der Waals surface area contributed by atoms with Gasteiger partial charge in [0, 0.05) is 45.0 Å². The maximum Gasteiger partial charge on any atom is 0.252 e. The Labute approximate surface area is 583 Å². The second-order valence-electron chi connectivity index (χ2n) is 27.6. The molecule has 0 amide bonds. The van der Waals surface area contributed by atoms with E-state index in [-0.39, 0.29) is 12.1 Å². The number of rotatable bonds is 12. The van der Waals surface area contributed by atoms with Crippen molar-refractivity contribution in [3.8, 4) is 111 Å². The van der Waals surface area contributed by atoms with E-state index in [1.807, 2.05) is 0 Å². The molecular weight excluding hydrogens is 1190 g/mol. The van der Waals surface area contributed by atoms with Gasteiger partial charge in [-0.1, -0.05) is 359 Å². The molecule has 2 aliphatic rings. The maximum atomic E-state index is 2.70. The van der Waals surface area contributed by atoms with Crippen molar-refractivity contribution in [1.29, 1.82) is 0 Å². The lowest BCUT2D eigenvalue weighted by atomic mass is 9.33. The fourth-order valence-corrected chi connectivity index (χ4v) is 15.7. The smallest absolute Gasteiger partial charge is 0.252 e. The third kappa shape index (κ3) is 10.9. The summed E-state index contributed by atoms with van der Waals surface area (Å²) in [7, 11) is 0. The van der Waals surface area contributed by atoms with Crippen LogP contribution in [-0.2, 0) is 5.41 Å². The van der Waals surface area contributed by atoms with E-state index in [1.165, 1.54) is 83.3 Å². The summed E-state index contributed by atoms with van der Waals surface area (Å²) in [5.41, 5.74) is 37.4. The minimum absolute atomic E-state index is 0.147. The van der Waals surface area contributed by atoms with Crippen LogP contribution in [0, 0.1) is 13.8 Å². The Morgan fingerprint density at radius 2 is 0.475 bits per heavy atom. The second kappa shape index (κ2) is 25.2. The summed E-state index contributed by atoms with van der Waals surface area (Å²) >= 11 is 0. The Morgan fingerprint density at radius 1 is 0.222 bits per heavy atom. The number of fused-ring (bicyclic) bond motifs is 4. The van der Waals surface area contributed by atoms with E-state index < -0.39 is 0 Å². The average Bonchev–Trinajstić information content (AvgIpc) is 0.689. The molecule has 0 aromatic heterocycles. The second-order valence-corrected chi connectivity index (χ2v) is 27.6. The summed E-state index contributed by atoms with van der Waals surface area (Å²) in [6.45, 7) is 11.5. The minimum atomic E-state index is -0.305. The molecule has 470 valence electrons. The Kier molecular flexibility index (Phi) is 15.4. The fraction of sp³-hybridized carbons (Fsp3) is 0.0625. The van der Waals surface area contributed by atoms with Gasteiger partial charge in [-0.05, 0) is 154 Å². The topological polar surface area (TPSA) is 6.48 Å². The fourth-order valence-electron chi connectivity index (χ4n) is 15.7. The number of hydrogen-bond acceptors (Lipinski definition) is 2. The molecule has 0 saturated carbocycles. The van der Waals surface area contributed by atoms with Crippen LogP contribution in [-0.4, -0.2) is 6.71 Å². The molecule has 2 nitrogen and oxygen atoms in total. The monoisotopic (exact) mass is 1260 g/mol. The Morgan fingerprint density at radius 3 is 0.788 bits per heavy atom. The summed E-state index contributed by atoms with van der Waals surface area (Å²) in [5, 5.41) is 0. The number of nitrogens with zero attached hydrogens (tertiary/aromatic N) is 2. The molecule has 0 unspecified atom stereocenters. The van der Waals surface area contributed by atoms with E-state index >= 15 is 0 Å². The van der Waals surface area contributed by atoms with Crippen molar-refractivity contribution in [1.82, 2.24) is 0 Å². The molecule has 17 rings (SSSR count). The zero-order valence-corrected chi connectivity index (χ0v) is 56.5. The van der Waals surface area contributed by atoms with E-state index in [9.17, 15) is 0 Å². The van der Waals surface area contributed by atoms with Gasteiger partial charge >= 0.3 is 0 Å². The van der Waals surface area contributed by atoms with Gasteiger partial charge in [0.25, 0.3) is 6.71 Å². The van der Waals surface area contributed by atoms with Crippen LogP contribution in [0.1, 0.15) is 37.5 Å². The molecule has 2 aliphatic heterocycles. The number of benzene rings is 15. The molecule has 3 heteroatoms. The van der Waals surface area contributed by atoms with Crippen LogP contribution < -0.4 is 26.2 Å². The number of hydrogen-bond donors (Lipinski definition) is 0. The van der Waals surface area contributed by atoms with Crippen LogP contribution in [0.15, 0.2) is 352 Å². The van der Waals surface area contributed by atoms with Crippen molar-refractivity contribution in [2.75, 3.05) is 9.80 Å². The quantitative estimate of drug-likeness (QED) is 0.113. The van der Waals surface area contributed by atoms with Crippen molar-refractivity contribution in [2.24, 2.45) is 0 Å². The van der Waals surface area contributed by atoms with E-state index in [0.29, 0.717) is 0 Å². The van der Waals surface area contributed by atoms with Gasteiger partial charge in [0.15, 0.2) is 0 Å². The highest BCUT2D eigenvalue weighted by molar-refractivity contribution is 7.00. The van der Waals surface area contributed by atoms with Gasteiger partial charge < -0.3 is 9.80 Å². The Bertz CT molecular complexity index is 5290. The van der Waals surface area contributed by atoms with Crippen LogP contribution in [0.25, 0.3) is 111 Å². The number of para-hydroxylation sites is 2. The number of anilines is 6. The van der Waals surface area contributed by atoms with Gasteiger partial charge in [0.2, 0.25) is 0 Å². The van der Waals surface area contributed by atoms with Crippen LogP contribution >= 0.6 is 0 Å². The predicted molar refractivity (Wildman–Crippen MR) is 423 cm³/mol. The Hall–Kier alpha value is -12.0. The molecule has 99 heavy (non-hydrogen) atoms. The molecule has 0 saturated heterocycles. The van der Waals surface area contributed by atoms with Crippen LogP contribution in [0.5, 0.6) is 0 Å². The summed E-state index contributed by atoms with van der Waals surface area (Å²) in [6.07, 6.45) is 0. The molecule has 0 aliphatic carbocycles. The highest BCUT2D eigenvalue weighted by Gasteiger charge is 2.46. The molecule has 0 bridgehead atoms. The van der Waals surface area contributed by atoms with Gasteiger partial charge in [-0.3, -0.25) is 0 Å². The largest absolute Gasteiger partial charge is 0.310 e. The van der Waals surface area contributed by atoms with Crippen LogP contribution in [0.2, 0.25) is 0 Å². The third-order valence-electron chi connectivity index (χ3n) is 20.4. The lowest BCUT2D eigenvalue weighted by Crippen LogP contribution is -2.61. The molecule has 0 spiro atoms. The molecule has 15 aromatic rings. The maximum absolute atomic E-state index is 2.70. The van der Waals surface area contributed by atoms with Gasteiger partial charge in [-0.2, -0.15) is 0 Å². The standard InChI is InChI=1S/C96H73BN2/c1-64-48-58-89-87(60-64)97-88-61-65(2)49-59-90(88)99(92-63-74(96(3,4)5)62-91(93(92)97)98(89)94-83(79-40-22-18-36-75(79)70-32-14-8-15-33-70)44-26-45-84(94)80-41-23-19-37-76(80)71-34-16-9-17-35-71)95-85(81-42-24-20-38-77(81)72-54-50-68(51-55-72)66-28-10-6-11-29-66)46-27-47-86(95)82-43-25-21-39-78(82)73-56-52-69(53-57-73)67-30-12-7-13-31-67/h6-63H,1-5H3. The highest BCUT2D eigenvalue weighted by Crippen LogP contribution is 2.56. The lowest BCUT2D eigenvalue weighted by Gasteiger charge is -2.46. The van der Waals surface area contributed by atoms with Gasteiger partial charge in [-0.15, -0.1) is 0 Å². The summed E-state index contributed by atoms with van der Waals surface area (Å²) < 4.78 is 0. The number of aryl methyl sites for hydroxylation is 2. The zero-order valence-electron chi connectivity index (χ0n) is 56.5. The van der Waals surface area contributed by atoms with Crippen LogP contribution in [0.3, 0.4) is 0 Å². The average molecular weight is 1270 g/mol. The normalized spacial score (nSPS) is 12.2. The first-order valence-electron chi connectivity index (χ1n) is 34.7. The van der Waals surface area contributed by atoms with Gasteiger partial charge in [0.1, 0.15) is 0 Å². The third-order valence-corrected chi connectivity index (χ3v) is 20.4. The van der Waals surface area contributed by atoms with Gasteiger partial charge in [0.05, 0.1) is 11.4 Å². The van der Waals surface area contributed by atoms with Crippen molar-refractivity contribution < 1.29 is 0 Å². The first-order chi connectivity index (χ1) is 48.6. The highest BCUT2D eigenvalue weighted by atomic mass is 15.2. The van der Waals surface area contributed by atoms with Gasteiger partial charge in [-0.25, -0.2) is 0 Å². The molecule has 0 fully saturated rings. The molecule has 2 heterocycles. The molecule has 0 N–H and O–H groups in total. The Balaban J connectivity index is 0.985. The first-order valence-corrected chi connectivity index (χ1v) is 34.7. The SMILES string of the molecule is Cc1ccc2c(c1)B1c3cc(C)ccc3N(c3c(-c4ccccc4-c4ccc(-c5ccccc5)cc4)cccc3-c3ccccc3-c3ccc(-c4ccccc4)cc3)c3cc(C(C)(C)C)cc(c31)N2c1c(-c2ccccc2-c2ccccc2)cccc1-c1ccccc1-c1ccccc1. The van der Waals surface area contributed by atoms with Crippen LogP contribution in [0.4, 0.5) is 34.1 Å². The molecule has 0 atom stereocenters. The first kappa shape index (κ1) is 60.6. The lowest BCUT2D eigenvalue weighted by molar-refractivity contribution is 0.590. The van der Waals surface area contributed by atoms with E-state index in [1.54, 1.807) is 0 Å². The zero-order chi connectivity index (χ0) is 66.7. The van der Waals surface area contributed by atoms with Crippen molar-refractivity contribution in [3.05, 3.63) is 369 Å². The predicted octanol–water partition coefficient (Wildman–Crippen LogP) is 24.4.